The van der Waals surface area contributed by atoms with E-state index in [0.29, 0.717) is 12.1 Å². The molecule has 5 nitrogen and oxygen atoms in total. The number of nitrogens with one attached hydrogen (secondary N) is 1. The van der Waals surface area contributed by atoms with E-state index in [1.54, 1.807) is 0 Å². The Labute approximate surface area is 144 Å². The van der Waals surface area contributed by atoms with Gasteiger partial charge < -0.3 is 15.3 Å². The molecule has 2 saturated heterocycles. The predicted molar refractivity (Wildman–Crippen MR) is 94.5 cm³/mol. The van der Waals surface area contributed by atoms with Crippen LogP contribution in [0.1, 0.15) is 30.4 Å². The van der Waals surface area contributed by atoms with Gasteiger partial charge in [-0.3, -0.25) is 4.90 Å². The summed E-state index contributed by atoms with van der Waals surface area (Å²) in [7, 11) is 2.22. The van der Waals surface area contributed by atoms with Crippen molar-refractivity contribution in [3.8, 4) is 6.07 Å². The lowest BCUT2D eigenvalue weighted by Gasteiger charge is -2.37. The van der Waals surface area contributed by atoms with E-state index in [0.717, 1.165) is 44.7 Å². The SMILES string of the molecule is CN(C[C@@H]1C[C@@H](O)CN1)C1CCN(Cc2ccc(C#N)cc2)CC1. The van der Waals surface area contributed by atoms with Crippen LogP contribution in [0.3, 0.4) is 0 Å². The van der Waals surface area contributed by atoms with Crippen LogP contribution >= 0.6 is 0 Å². The van der Waals surface area contributed by atoms with E-state index in [4.69, 9.17) is 5.26 Å². The number of rotatable bonds is 5. The smallest absolute Gasteiger partial charge is 0.0991 e. The molecular formula is C19H28N4O. The fourth-order valence-corrected chi connectivity index (χ4v) is 3.89. The molecule has 2 atom stereocenters. The molecule has 2 N–H and O–H groups in total. The zero-order valence-electron chi connectivity index (χ0n) is 14.5. The van der Waals surface area contributed by atoms with Crippen molar-refractivity contribution in [2.45, 2.75) is 44.0 Å². The van der Waals surface area contributed by atoms with Gasteiger partial charge >= 0.3 is 0 Å². The van der Waals surface area contributed by atoms with E-state index in [1.165, 1.54) is 18.4 Å². The first-order chi connectivity index (χ1) is 11.6. The van der Waals surface area contributed by atoms with Gasteiger partial charge in [-0.15, -0.1) is 0 Å². The van der Waals surface area contributed by atoms with Crippen molar-refractivity contribution in [1.82, 2.24) is 15.1 Å². The van der Waals surface area contributed by atoms with E-state index in [2.05, 4.69) is 40.4 Å². The molecule has 1 aromatic carbocycles. The van der Waals surface area contributed by atoms with Gasteiger partial charge in [0.15, 0.2) is 0 Å². The fraction of sp³-hybridized carbons (Fsp3) is 0.632. The number of likely N-dealkylation sites (N-methyl/N-ethyl adjacent to an activating group) is 1. The van der Waals surface area contributed by atoms with Gasteiger partial charge in [-0.2, -0.15) is 5.26 Å². The Morgan fingerprint density at radius 2 is 2.00 bits per heavy atom. The molecule has 0 spiro atoms. The number of piperidine rings is 1. The minimum atomic E-state index is -0.169. The van der Waals surface area contributed by atoms with Crippen LogP contribution in [0.2, 0.25) is 0 Å². The van der Waals surface area contributed by atoms with Crippen molar-refractivity contribution < 1.29 is 5.11 Å². The number of benzene rings is 1. The monoisotopic (exact) mass is 328 g/mol. The van der Waals surface area contributed by atoms with Crippen molar-refractivity contribution in [2.75, 3.05) is 33.2 Å². The molecule has 0 aromatic heterocycles. The van der Waals surface area contributed by atoms with Gasteiger partial charge in [0.1, 0.15) is 0 Å². The minimum Gasteiger partial charge on any atom is -0.392 e. The number of nitriles is 1. The number of hydrogen-bond acceptors (Lipinski definition) is 5. The first-order valence-corrected chi connectivity index (χ1v) is 8.97. The van der Waals surface area contributed by atoms with Crippen LogP contribution in [0.15, 0.2) is 24.3 Å². The lowest BCUT2D eigenvalue weighted by molar-refractivity contribution is 0.115. The molecule has 130 valence electrons. The lowest BCUT2D eigenvalue weighted by Crippen LogP contribution is -2.46. The highest BCUT2D eigenvalue weighted by Crippen LogP contribution is 2.19. The Kier molecular flexibility index (Phi) is 5.85. The summed E-state index contributed by atoms with van der Waals surface area (Å²) in [5.74, 6) is 0. The molecule has 0 amide bonds. The summed E-state index contributed by atoms with van der Waals surface area (Å²) in [4.78, 5) is 4.97. The van der Waals surface area contributed by atoms with E-state index in [-0.39, 0.29) is 6.10 Å². The minimum absolute atomic E-state index is 0.169. The van der Waals surface area contributed by atoms with E-state index >= 15 is 0 Å². The number of aliphatic hydroxyl groups excluding tert-OH is 1. The maximum absolute atomic E-state index is 9.63. The second-order valence-corrected chi connectivity index (χ2v) is 7.25. The molecule has 0 aliphatic carbocycles. The van der Waals surface area contributed by atoms with Gasteiger partial charge in [0.25, 0.3) is 0 Å². The largest absolute Gasteiger partial charge is 0.392 e. The average molecular weight is 328 g/mol. The zero-order chi connectivity index (χ0) is 16.9. The first-order valence-electron chi connectivity index (χ1n) is 8.97. The summed E-state index contributed by atoms with van der Waals surface area (Å²) in [6, 6.07) is 11.2. The highest BCUT2D eigenvalue weighted by atomic mass is 16.3. The molecule has 0 radical (unpaired) electrons. The van der Waals surface area contributed by atoms with Crippen molar-refractivity contribution in [3.63, 3.8) is 0 Å². The Morgan fingerprint density at radius 3 is 2.58 bits per heavy atom. The van der Waals surface area contributed by atoms with Crippen molar-refractivity contribution in [1.29, 1.82) is 5.26 Å². The third-order valence-electron chi connectivity index (χ3n) is 5.38. The quantitative estimate of drug-likeness (QED) is 0.850. The molecule has 0 saturated carbocycles. The van der Waals surface area contributed by atoms with E-state index < -0.39 is 0 Å². The predicted octanol–water partition coefficient (Wildman–Crippen LogP) is 1.18. The highest BCUT2D eigenvalue weighted by Gasteiger charge is 2.27. The summed E-state index contributed by atoms with van der Waals surface area (Å²) in [5.41, 5.74) is 2.01. The molecule has 3 rings (SSSR count). The maximum atomic E-state index is 9.63. The fourth-order valence-electron chi connectivity index (χ4n) is 3.89. The summed E-state index contributed by atoms with van der Waals surface area (Å²) < 4.78 is 0. The topological polar surface area (TPSA) is 62.5 Å². The van der Waals surface area contributed by atoms with Crippen LogP contribution in [-0.2, 0) is 6.54 Å². The third kappa shape index (κ3) is 4.55. The van der Waals surface area contributed by atoms with Crippen LogP contribution in [-0.4, -0.2) is 66.3 Å². The molecule has 1 aromatic rings. The number of nitrogens with zero attached hydrogens (tertiary/aromatic N) is 3. The van der Waals surface area contributed by atoms with Crippen molar-refractivity contribution >= 4 is 0 Å². The van der Waals surface area contributed by atoms with Crippen molar-refractivity contribution in [3.05, 3.63) is 35.4 Å². The Morgan fingerprint density at radius 1 is 1.29 bits per heavy atom. The summed E-state index contributed by atoms with van der Waals surface area (Å²) >= 11 is 0. The molecule has 2 aliphatic heterocycles. The van der Waals surface area contributed by atoms with E-state index in [1.807, 2.05) is 12.1 Å². The summed E-state index contributed by atoms with van der Waals surface area (Å²) in [5, 5.41) is 21.9. The van der Waals surface area contributed by atoms with Crippen molar-refractivity contribution in [2.24, 2.45) is 0 Å². The number of aliphatic hydroxyl groups is 1. The number of β-amino-alcohol motifs (C(OH)–C–C–N with tert-alkyl or cyclic N) is 1. The van der Waals surface area contributed by atoms with Crippen LogP contribution < -0.4 is 5.32 Å². The van der Waals surface area contributed by atoms with Crippen LogP contribution in [0, 0.1) is 11.3 Å². The summed E-state index contributed by atoms with van der Waals surface area (Å²) in [6.45, 7) is 4.98. The standard InChI is InChI=1S/C19H28N4O/c1-22(14-17-10-19(24)12-21-17)18-6-8-23(9-7-18)13-16-4-2-15(11-20)3-5-16/h2-5,17-19,21,24H,6-10,12-14H2,1H3/t17-,19+/m0/s1. The van der Waals surface area contributed by atoms with Gasteiger partial charge in [0.05, 0.1) is 17.7 Å². The molecular weight excluding hydrogens is 300 g/mol. The maximum Gasteiger partial charge on any atom is 0.0991 e. The molecule has 5 heteroatoms. The molecule has 24 heavy (non-hydrogen) atoms. The van der Waals surface area contributed by atoms with Crippen LogP contribution in [0.4, 0.5) is 0 Å². The highest BCUT2D eigenvalue weighted by molar-refractivity contribution is 5.31. The third-order valence-corrected chi connectivity index (χ3v) is 5.38. The van der Waals surface area contributed by atoms with E-state index in [9.17, 15) is 5.11 Å². The molecule has 0 unspecified atom stereocenters. The molecule has 0 bridgehead atoms. The Balaban J connectivity index is 1.42. The van der Waals surface area contributed by atoms with Gasteiger partial charge in [-0.05, 0) is 57.1 Å². The zero-order valence-corrected chi connectivity index (χ0v) is 14.5. The molecule has 2 fully saturated rings. The first kappa shape index (κ1) is 17.4. The van der Waals surface area contributed by atoms with Crippen LogP contribution in [0.5, 0.6) is 0 Å². The number of hydrogen-bond donors (Lipinski definition) is 2. The normalized spacial score (nSPS) is 25.9. The Hall–Kier alpha value is -1.45. The Bertz CT molecular complexity index is 560. The molecule has 2 heterocycles. The van der Waals surface area contributed by atoms with Gasteiger partial charge in [-0.25, -0.2) is 0 Å². The van der Waals surface area contributed by atoms with Gasteiger partial charge in [0.2, 0.25) is 0 Å². The second kappa shape index (κ2) is 8.09. The lowest BCUT2D eigenvalue weighted by atomic mass is 10.0. The average Bonchev–Trinajstić information content (AvgIpc) is 3.01. The van der Waals surface area contributed by atoms with Gasteiger partial charge in [0, 0.05) is 31.7 Å². The van der Waals surface area contributed by atoms with Gasteiger partial charge in [-0.1, -0.05) is 12.1 Å². The molecule has 2 aliphatic rings. The van der Waals surface area contributed by atoms with Crippen LogP contribution in [0.25, 0.3) is 0 Å². The summed E-state index contributed by atoms with van der Waals surface area (Å²) in [6.07, 6.45) is 3.10. The number of likely N-dealkylation sites (tertiary alicyclic amines) is 1. The second-order valence-electron chi connectivity index (χ2n) is 7.25.